The van der Waals surface area contributed by atoms with Gasteiger partial charge in [0.1, 0.15) is 5.75 Å². The van der Waals surface area contributed by atoms with Crippen LogP contribution in [0.4, 0.5) is 0 Å². The summed E-state index contributed by atoms with van der Waals surface area (Å²) in [5.74, 6) is 0.899. The lowest BCUT2D eigenvalue weighted by molar-refractivity contribution is 0.0954. The minimum absolute atomic E-state index is 0.0233. The van der Waals surface area contributed by atoms with Gasteiger partial charge in [-0.3, -0.25) is 4.79 Å². The summed E-state index contributed by atoms with van der Waals surface area (Å²) in [5, 5.41) is 13.2. The number of amides is 1. The molecule has 1 aliphatic heterocycles. The number of aromatic hydroxyl groups is 1. The molecule has 0 atom stereocenters. The molecule has 0 spiro atoms. The van der Waals surface area contributed by atoms with Crippen LogP contribution >= 0.6 is 15.9 Å². The fraction of sp³-hybridized carbons (Fsp3) is 0.0667. The number of nitrogens with one attached hydrogen (secondary N) is 1. The Bertz CT molecular complexity index is 761. The Morgan fingerprint density at radius 1 is 1.27 bits per heavy atom. The van der Waals surface area contributed by atoms with E-state index in [-0.39, 0.29) is 12.5 Å². The van der Waals surface area contributed by atoms with Crippen LogP contribution in [-0.2, 0) is 0 Å². The van der Waals surface area contributed by atoms with Crippen molar-refractivity contribution in [1.29, 1.82) is 0 Å². The Labute approximate surface area is 134 Å². The fourth-order valence-corrected chi connectivity index (χ4v) is 2.33. The SMILES string of the molecule is O=C(N/N=C\c1cc2c(cc1Br)OCO2)c1cccc(O)c1. The number of hydrazone groups is 1. The molecule has 0 aliphatic carbocycles. The smallest absolute Gasteiger partial charge is 0.271 e. The molecule has 2 aromatic rings. The highest BCUT2D eigenvalue weighted by Gasteiger charge is 2.15. The van der Waals surface area contributed by atoms with E-state index >= 15 is 0 Å². The number of phenols is 1. The summed E-state index contributed by atoms with van der Waals surface area (Å²) in [6, 6.07) is 9.56. The zero-order valence-electron chi connectivity index (χ0n) is 11.2. The van der Waals surface area contributed by atoms with Gasteiger partial charge < -0.3 is 14.6 Å². The van der Waals surface area contributed by atoms with Gasteiger partial charge in [0.25, 0.3) is 5.91 Å². The second-order valence-corrected chi connectivity index (χ2v) is 5.33. The third-order valence-electron chi connectivity index (χ3n) is 2.97. The number of phenolic OH excluding ortho intramolecular Hbond substituents is 1. The van der Waals surface area contributed by atoms with Crippen molar-refractivity contribution in [2.45, 2.75) is 0 Å². The molecule has 0 radical (unpaired) electrons. The van der Waals surface area contributed by atoms with Crippen LogP contribution < -0.4 is 14.9 Å². The third-order valence-corrected chi connectivity index (χ3v) is 3.66. The van der Waals surface area contributed by atoms with Gasteiger partial charge in [-0.2, -0.15) is 5.10 Å². The molecule has 2 N–H and O–H groups in total. The van der Waals surface area contributed by atoms with Crippen LogP contribution in [0.3, 0.4) is 0 Å². The zero-order valence-corrected chi connectivity index (χ0v) is 12.8. The summed E-state index contributed by atoms with van der Waals surface area (Å²) in [6.07, 6.45) is 1.49. The normalized spacial score (nSPS) is 12.6. The van der Waals surface area contributed by atoms with Crippen LogP contribution in [0.5, 0.6) is 17.2 Å². The van der Waals surface area contributed by atoms with E-state index in [0.29, 0.717) is 17.1 Å². The van der Waals surface area contributed by atoms with Crippen LogP contribution in [0.15, 0.2) is 46.0 Å². The number of ether oxygens (including phenoxy) is 2. The fourth-order valence-electron chi connectivity index (χ4n) is 1.90. The molecule has 2 aromatic carbocycles. The second-order valence-electron chi connectivity index (χ2n) is 4.48. The first-order valence-corrected chi connectivity index (χ1v) is 7.14. The maximum atomic E-state index is 11.9. The standard InChI is InChI=1S/C15H11BrN2O4/c16-12-6-14-13(21-8-22-14)5-10(12)7-17-18-15(20)9-2-1-3-11(19)4-9/h1-7,19H,8H2,(H,18,20)/b17-7-. The Balaban J connectivity index is 1.71. The summed E-state index contributed by atoms with van der Waals surface area (Å²) < 4.78 is 11.3. The minimum atomic E-state index is -0.413. The van der Waals surface area contributed by atoms with Crippen LogP contribution in [0.1, 0.15) is 15.9 Å². The molecule has 6 nitrogen and oxygen atoms in total. The zero-order chi connectivity index (χ0) is 15.5. The van der Waals surface area contributed by atoms with E-state index in [1.54, 1.807) is 24.3 Å². The number of benzene rings is 2. The molecule has 0 aromatic heterocycles. The highest BCUT2D eigenvalue weighted by atomic mass is 79.9. The highest BCUT2D eigenvalue weighted by molar-refractivity contribution is 9.10. The maximum absolute atomic E-state index is 11.9. The van der Waals surface area contributed by atoms with E-state index in [9.17, 15) is 9.90 Å². The number of carbonyl (C=O) groups is 1. The van der Waals surface area contributed by atoms with Gasteiger partial charge in [-0.1, -0.05) is 6.07 Å². The molecule has 1 amide bonds. The Morgan fingerprint density at radius 3 is 2.82 bits per heavy atom. The van der Waals surface area contributed by atoms with E-state index < -0.39 is 5.91 Å². The lowest BCUT2D eigenvalue weighted by Crippen LogP contribution is -2.17. The van der Waals surface area contributed by atoms with E-state index in [0.717, 1.165) is 10.0 Å². The first-order chi connectivity index (χ1) is 10.6. The van der Waals surface area contributed by atoms with E-state index in [4.69, 9.17) is 9.47 Å². The van der Waals surface area contributed by atoms with Crippen LogP contribution in [-0.4, -0.2) is 24.0 Å². The number of fused-ring (bicyclic) bond motifs is 1. The second kappa shape index (κ2) is 6.07. The van der Waals surface area contributed by atoms with Crippen LogP contribution in [0.25, 0.3) is 0 Å². The molecule has 1 aliphatic rings. The summed E-state index contributed by atoms with van der Waals surface area (Å²) in [6.45, 7) is 0.191. The minimum Gasteiger partial charge on any atom is -0.508 e. The van der Waals surface area contributed by atoms with E-state index in [1.807, 2.05) is 0 Å². The molecule has 112 valence electrons. The van der Waals surface area contributed by atoms with Gasteiger partial charge in [-0.05, 0) is 46.3 Å². The maximum Gasteiger partial charge on any atom is 0.271 e. The van der Waals surface area contributed by atoms with Crippen molar-refractivity contribution in [1.82, 2.24) is 5.43 Å². The number of nitrogens with zero attached hydrogens (tertiary/aromatic N) is 1. The molecular weight excluding hydrogens is 352 g/mol. The van der Waals surface area contributed by atoms with Gasteiger partial charge in [0, 0.05) is 15.6 Å². The van der Waals surface area contributed by atoms with Crippen molar-refractivity contribution in [3.05, 3.63) is 52.0 Å². The largest absolute Gasteiger partial charge is 0.508 e. The predicted octanol–water partition coefficient (Wildman–Crippen LogP) is 2.65. The van der Waals surface area contributed by atoms with Gasteiger partial charge >= 0.3 is 0 Å². The van der Waals surface area contributed by atoms with Crippen molar-refractivity contribution < 1.29 is 19.4 Å². The molecule has 0 fully saturated rings. The molecule has 22 heavy (non-hydrogen) atoms. The van der Waals surface area contributed by atoms with Gasteiger partial charge in [0.05, 0.1) is 6.21 Å². The molecule has 0 bridgehead atoms. The summed E-state index contributed by atoms with van der Waals surface area (Å²) in [4.78, 5) is 11.9. The molecule has 0 saturated carbocycles. The molecule has 0 saturated heterocycles. The highest BCUT2D eigenvalue weighted by Crippen LogP contribution is 2.36. The molecule has 7 heteroatoms. The first-order valence-electron chi connectivity index (χ1n) is 6.35. The predicted molar refractivity (Wildman–Crippen MR) is 83.4 cm³/mol. The number of hydrogen-bond acceptors (Lipinski definition) is 5. The molecule has 3 rings (SSSR count). The number of rotatable bonds is 3. The Kier molecular flexibility index (Phi) is 3.97. The Morgan fingerprint density at radius 2 is 2.05 bits per heavy atom. The average Bonchev–Trinajstić information content (AvgIpc) is 2.94. The van der Waals surface area contributed by atoms with E-state index in [2.05, 4.69) is 26.5 Å². The quantitative estimate of drug-likeness (QED) is 0.649. The first kappa shape index (κ1) is 14.4. The topological polar surface area (TPSA) is 80.2 Å². The number of halogens is 1. The average molecular weight is 363 g/mol. The molecular formula is C15H11BrN2O4. The van der Waals surface area contributed by atoms with Gasteiger partial charge in [-0.25, -0.2) is 5.43 Å². The number of carbonyl (C=O) groups excluding carboxylic acids is 1. The molecule has 0 unspecified atom stereocenters. The molecule has 1 heterocycles. The lowest BCUT2D eigenvalue weighted by Gasteiger charge is -2.02. The Hall–Kier alpha value is -2.54. The van der Waals surface area contributed by atoms with Crippen molar-refractivity contribution in [3.8, 4) is 17.2 Å². The van der Waals surface area contributed by atoms with Crippen molar-refractivity contribution in [2.75, 3.05) is 6.79 Å². The van der Waals surface area contributed by atoms with Crippen molar-refractivity contribution in [2.24, 2.45) is 5.10 Å². The van der Waals surface area contributed by atoms with Crippen LogP contribution in [0.2, 0.25) is 0 Å². The van der Waals surface area contributed by atoms with Gasteiger partial charge in [0.2, 0.25) is 6.79 Å². The summed E-state index contributed by atoms with van der Waals surface area (Å²) in [5.41, 5.74) is 3.45. The number of hydrogen-bond donors (Lipinski definition) is 2. The van der Waals surface area contributed by atoms with E-state index in [1.165, 1.54) is 18.3 Å². The monoisotopic (exact) mass is 362 g/mol. The lowest BCUT2D eigenvalue weighted by atomic mass is 10.2. The van der Waals surface area contributed by atoms with Gasteiger partial charge in [-0.15, -0.1) is 0 Å². The summed E-state index contributed by atoms with van der Waals surface area (Å²) in [7, 11) is 0. The summed E-state index contributed by atoms with van der Waals surface area (Å²) >= 11 is 3.40. The van der Waals surface area contributed by atoms with Crippen molar-refractivity contribution >= 4 is 28.1 Å². The third kappa shape index (κ3) is 3.04. The van der Waals surface area contributed by atoms with Crippen LogP contribution in [0, 0.1) is 0 Å². The van der Waals surface area contributed by atoms with Crippen molar-refractivity contribution in [3.63, 3.8) is 0 Å². The van der Waals surface area contributed by atoms with Gasteiger partial charge in [0.15, 0.2) is 11.5 Å².